The van der Waals surface area contributed by atoms with Gasteiger partial charge in [0.05, 0.1) is 33.5 Å². The summed E-state index contributed by atoms with van der Waals surface area (Å²) >= 11 is 7.11. The van der Waals surface area contributed by atoms with E-state index in [-0.39, 0.29) is 6.42 Å². The maximum absolute atomic E-state index is 13.4. The first-order valence-electron chi connectivity index (χ1n) is 15.3. The molecule has 12 heteroatoms. The molecule has 0 aliphatic carbocycles. The van der Waals surface area contributed by atoms with Crippen LogP contribution < -0.4 is 0 Å². The number of ether oxygens (including phenoxy) is 1. The molecule has 6 aromatic rings. The molecule has 3 heterocycles. The zero-order valence-electron chi connectivity index (χ0n) is 26.9. The average Bonchev–Trinajstić information content (AvgIpc) is 3.65. The number of rotatable bonds is 6. The summed E-state index contributed by atoms with van der Waals surface area (Å²) in [6.45, 7) is 7.26. The molecular formula is C36H33ClF3N5O3. The van der Waals surface area contributed by atoms with Crippen molar-refractivity contribution in [3.63, 3.8) is 0 Å². The maximum atomic E-state index is 13.4. The monoisotopic (exact) mass is 675 g/mol. The number of aromatic nitrogens is 5. The molecule has 1 unspecified atom stereocenters. The molecule has 0 saturated heterocycles. The Balaban J connectivity index is 1.54. The molecule has 48 heavy (non-hydrogen) atoms. The van der Waals surface area contributed by atoms with Crippen molar-refractivity contribution in [3.8, 4) is 0 Å². The summed E-state index contributed by atoms with van der Waals surface area (Å²) in [6, 6.07) is 17.4. The molecule has 3 aromatic heterocycles. The number of carbonyl (C=O) groups is 1. The Morgan fingerprint density at radius 2 is 1.67 bits per heavy atom. The number of aliphatic hydroxyl groups is 1. The summed E-state index contributed by atoms with van der Waals surface area (Å²) < 4.78 is 48.1. The fraction of sp³-hybridized carbons (Fsp3) is 0.278. The first-order chi connectivity index (χ1) is 22.6. The highest BCUT2D eigenvalue weighted by Gasteiger charge is 2.41. The number of carbonyl (C=O) groups excluding carboxylic acids is 1. The van der Waals surface area contributed by atoms with Crippen molar-refractivity contribution >= 4 is 39.5 Å². The van der Waals surface area contributed by atoms with Gasteiger partial charge in [0.2, 0.25) is 0 Å². The van der Waals surface area contributed by atoms with E-state index in [2.05, 4.69) is 10.3 Å². The summed E-state index contributed by atoms with van der Waals surface area (Å²) in [6.07, 6.45) is -1.23. The van der Waals surface area contributed by atoms with Crippen LogP contribution in [-0.4, -0.2) is 41.3 Å². The third-order valence-corrected chi connectivity index (χ3v) is 8.73. The topological polar surface area (TPSA) is 95.1 Å². The SMILES string of the molecule is CCc1nc2ccc(C(O)(c3cn(C(=O)OC(C)(C)C)c4ccccc34)c3cnnn3C)cc2c(Cl)c1Cc1ccc(C(F)(F)F)cc1. The van der Waals surface area contributed by atoms with Crippen LogP contribution in [0.5, 0.6) is 0 Å². The van der Waals surface area contributed by atoms with Gasteiger partial charge in [0.1, 0.15) is 5.60 Å². The fourth-order valence-electron chi connectivity index (χ4n) is 6.01. The molecule has 1 N–H and O–H groups in total. The normalized spacial score (nSPS) is 13.6. The minimum Gasteiger partial charge on any atom is -0.443 e. The highest BCUT2D eigenvalue weighted by atomic mass is 35.5. The largest absolute Gasteiger partial charge is 0.443 e. The number of alkyl halides is 3. The predicted octanol–water partition coefficient (Wildman–Crippen LogP) is 8.21. The van der Waals surface area contributed by atoms with Crippen LogP contribution in [0.2, 0.25) is 5.02 Å². The Labute approximate surface area is 279 Å². The average molecular weight is 676 g/mol. The van der Waals surface area contributed by atoms with Crippen LogP contribution in [-0.2, 0) is 36.4 Å². The maximum Gasteiger partial charge on any atom is 0.419 e. The number of halogens is 4. The minimum atomic E-state index is -4.44. The first-order valence-corrected chi connectivity index (χ1v) is 15.7. The number of benzene rings is 3. The molecule has 1 atom stereocenters. The van der Waals surface area contributed by atoms with Gasteiger partial charge < -0.3 is 9.84 Å². The van der Waals surface area contributed by atoms with E-state index in [0.717, 1.165) is 12.1 Å². The van der Waals surface area contributed by atoms with Crippen molar-refractivity contribution in [3.05, 3.63) is 123 Å². The van der Waals surface area contributed by atoms with Crippen molar-refractivity contribution in [2.24, 2.45) is 7.05 Å². The lowest BCUT2D eigenvalue weighted by Crippen LogP contribution is -2.31. The van der Waals surface area contributed by atoms with E-state index in [9.17, 15) is 23.1 Å². The van der Waals surface area contributed by atoms with E-state index in [4.69, 9.17) is 21.3 Å². The molecule has 0 aliphatic heterocycles. The van der Waals surface area contributed by atoms with Crippen LogP contribution in [0.1, 0.15) is 66.9 Å². The lowest BCUT2D eigenvalue weighted by molar-refractivity contribution is -0.137. The molecule has 0 radical (unpaired) electrons. The summed E-state index contributed by atoms with van der Waals surface area (Å²) in [7, 11) is 1.66. The van der Waals surface area contributed by atoms with Crippen LogP contribution in [0, 0.1) is 0 Å². The third-order valence-electron chi connectivity index (χ3n) is 8.29. The zero-order chi connectivity index (χ0) is 34.6. The van der Waals surface area contributed by atoms with E-state index in [0.29, 0.717) is 66.9 Å². The standard InChI is InChI=1S/C36H33ClF3N5O3/c1-6-28-25(17-21-11-13-22(14-12-21)36(38,39)40)32(37)26-18-23(15-16-29(26)42-28)35(47,31-19-41-43-44(31)5)27-20-45(33(46)48-34(2,3)4)30-10-8-7-9-24(27)30/h7-16,18-20,47H,6,17H2,1-5H3. The lowest BCUT2D eigenvalue weighted by Gasteiger charge is -2.29. The van der Waals surface area contributed by atoms with Gasteiger partial charge in [-0.25, -0.2) is 9.48 Å². The quantitative estimate of drug-likeness (QED) is 0.191. The molecule has 0 bridgehead atoms. The summed E-state index contributed by atoms with van der Waals surface area (Å²) in [5.41, 5.74) is 0.878. The number of pyridine rings is 1. The first kappa shape index (κ1) is 33.2. The number of fused-ring (bicyclic) bond motifs is 2. The molecule has 6 rings (SSSR count). The highest BCUT2D eigenvalue weighted by molar-refractivity contribution is 6.36. The van der Waals surface area contributed by atoms with E-state index >= 15 is 0 Å². The number of hydrogen-bond donors (Lipinski definition) is 1. The molecular weight excluding hydrogens is 643 g/mol. The Bertz CT molecular complexity index is 2170. The Morgan fingerprint density at radius 3 is 2.29 bits per heavy atom. The fourth-order valence-corrected chi connectivity index (χ4v) is 6.34. The Hall–Kier alpha value is -4.74. The summed E-state index contributed by atoms with van der Waals surface area (Å²) in [5.74, 6) is 0. The van der Waals surface area contributed by atoms with Crippen molar-refractivity contribution in [1.29, 1.82) is 0 Å². The summed E-state index contributed by atoms with van der Waals surface area (Å²) in [4.78, 5) is 18.2. The molecule has 0 spiro atoms. The molecule has 3 aromatic carbocycles. The van der Waals surface area contributed by atoms with Crippen LogP contribution >= 0.6 is 11.6 Å². The van der Waals surface area contributed by atoms with Crippen LogP contribution in [0.15, 0.2) is 79.1 Å². The van der Waals surface area contributed by atoms with Crippen molar-refractivity contribution < 1.29 is 27.8 Å². The second-order valence-electron chi connectivity index (χ2n) is 12.7. The molecule has 8 nitrogen and oxygen atoms in total. The lowest BCUT2D eigenvalue weighted by atomic mass is 9.82. The minimum absolute atomic E-state index is 0.257. The predicted molar refractivity (Wildman–Crippen MR) is 177 cm³/mol. The molecule has 0 amide bonds. The van der Waals surface area contributed by atoms with Crippen molar-refractivity contribution in [2.45, 2.75) is 57.9 Å². The number of hydrogen-bond acceptors (Lipinski definition) is 6. The molecule has 0 fully saturated rings. The van der Waals surface area contributed by atoms with Crippen LogP contribution in [0.3, 0.4) is 0 Å². The highest BCUT2D eigenvalue weighted by Crippen LogP contribution is 2.43. The Morgan fingerprint density at radius 1 is 0.979 bits per heavy atom. The van der Waals surface area contributed by atoms with Crippen molar-refractivity contribution in [2.75, 3.05) is 0 Å². The van der Waals surface area contributed by atoms with Crippen LogP contribution in [0.4, 0.5) is 18.0 Å². The smallest absolute Gasteiger partial charge is 0.419 e. The van der Waals surface area contributed by atoms with Crippen LogP contribution in [0.25, 0.3) is 21.8 Å². The van der Waals surface area contributed by atoms with Gasteiger partial charge in [-0.05, 0) is 74.2 Å². The van der Waals surface area contributed by atoms with Gasteiger partial charge in [-0.15, -0.1) is 5.10 Å². The Kier molecular flexibility index (Phi) is 8.33. The third kappa shape index (κ3) is 5.92. The van der Waals surface area contributed by atoms with Gasteiger partial charge in [0.25, 0.3) is 0 Å². The zero-order valence-corrected chi connectivity index (χ0v) is 27.7. The van der Waals surface area contributed by atoms with Gasteiger partial charge in [0, 0.05) is 41.7 Å². The van der Waals surface area contributed by atoms with Crippen molar-refractivity contribution in [1.82, 2.24) is 24.5 Å². The number of nitrogens with zero attached hydrogens (tertiary/aromatic N) is 5. The van der Waals surface area contributed by atoms with Gasteiger partial charge in [-0.2, -0.15) is 13.2 Å². The van der Waals surface area contributed by atoms with E-state index in [1.807, 2.05) is 19.1 Å². The molecule has 248 valence electrons. The number of para-hydroxylation sites is 1. The molecule has 0 saturated carbocycles. The molecule has 0 aliphatic rings. The summed E-state index contributed by atoms with van der Waals surface area (Å²) in [5, 5.41) is 22.6. The number of aryl methyl sites for hydroxylation is 2. The second kappa shape index (κ2) is 12.1. The van der Waals surface area contributed by atoms with Gasteiger partial charge in [0.15, 0.2) is 5.60 Å². The van der Waals surface area contributed by atoms with Gasteiger partial charge >= 0.3 is 12.3 Å². The van der Waals surface area contributed by atoms with E-state index < -0.39 is 29.0 Å². The van der Waals surface area contributed by atoms with E-state index in [1.54, 1.807) is 64.3 Å². The van der Waals surface area contributed by atoms with E-state index in [1.165, 1.54) is 27.6 Å². The van der Waals surface area contributed by atoms with Gasteiger partial charge in [-0.1, -0.05) is 60.1 Å². The second-order valence-corrected chi connectivity index (χ2v) is 13.0. The van der Waals surface area contributed by atoms with Gasteiger partial charge in [-0.3, -0.25) is 9.55 Å².